The average Bonchev–Trinajstić information content (AvgIpc) is 2.28. The number of primary sulfonamides is 1. The Balaban J connectivity index is 2.19. The van der Waals surface area contributed by atoms with Crippen LogP contribution in [0.3, 0.4) is 0 Å². The molecule has 6 heteroatoms. The monoisotopic (exact) mass is 268 g/mol. The van der Waals surface area contributed by atoms with Crippen LogP contribution >= 0.6 is 11.8 Å². The van der Waals surface area contributed by atoms with E-state index in [1.165, 1.54) is 11.8 Å². The molecule has 2 N–H and O–H groups in total. The fourth-order valence-corrected chi connectivity index (χ4v) is 3.43. The van der Waals surface area contributed by atoms with E-state index in [4.69, 9.17) is 5.14 Å². The number of fused-ring (bicyclic) bond motifs is 1. The van der Waals surface area contributed by atoms with Crippen molar-refractivity contribution < 1.29 is 8.42 Å². The summed E-state index contributed by atoms with van der Waals surface area (Å²) in [6.45, 7) is 0. The summed E-state index contributed by atoms with van der Waals surface area (Å²) in [6.07, 6.45) is 1.72. The summed E-state index contributed by atoms with van der Waals surface area (Å²) in [5.74, 6) is 0.432. The standard InChI is InChI=1S/C11H12N2O2S2/c12-17(14,15)8-7-16-11-5-6-13-10-4-2-1-3-9(10)11/h1-6H,7-8H2,(H2,12,14,15). The molecule has 1 aromatic heterocycles. The van der Waals surface area contributed by atoms with Gasteiger partial charge in [-0.1, -0.05) is 18.2 Å². The Labute approximate surface area is 104 Å². The molecule has 0 atom stereocenters. The minimum absolute atomic E-state index is 0.0195. The minimum Gasteiger partial charge on any atom is -0.256 e. The van der Waals surface area contributed by atoms with E-state index in [0.717, 1.165) is 15.8 Å². The summed E-state index contributed by atoms with van der Waals surface area (Å²) in [4.78, 5) is 5.27. The van der Waals surface area contributed by atoms with Gasteiger partial charge < -0.3 is 0 Å². The van der Waals surface area contributed by atoms with Gasteiger partial charge in [0.25, 0.3) is 0 Å². The summed E-state index contributed by atoms with van der Waals surface area (Å²) >= 11 is 1.48. The fraction of sp³-hybridized carbons (Fsp3) is 0.182. The van der Waals surface area contributed by atoms with E-state index >= 15 is 0 Å². The molecule has 4 nitrogen and oxygen atoms in total. The molecule has 17 heavy (non-hydrogen) atoms. The Kier molecular flexibility index (Phi) is 3.66. The van der Waals surface area contributed by atoms with Gasteiger partial charge in [-0.05, 0) is 12.1 Å². The highest BCUT2D eigenvalue weighted by Crippen LogP contribution is 2.26. The van der Waals surface area contributed by atoms with Crippen LogP contribution in [-0.4, -0.2) is 24.9 Å². The second-order valence-corrected chi connectivity index (χ2v) is 6.41. The quantitative estimate of drug-likeness (QED) is 0.855. The maximum atomic E-state index is 10.8. The normalized spacial score (nSPS) is 11.8. The average molecular weight is 268 g/mol. The van der Waals surface area contributed by atoms with Gasteiger partial charge in [0.2, 0.25) is 10.0 Å². The van der Waals surface area contributed by atoms with Crippen LogP contribution in [0.15, 0.2) is 41.4 Å². The molecule has 2 rings (SSSR count). The molecule has 2 aromatic rings. The van der Waals surface area contributed by atoms with Crippen molar-refractivity contribution >= 4 is 32.7 Å². The van der Waals surface area contributed by atoms with Gasteiger partial charge in [-0.15, -0.1) is 11.8 Å². The van der Waals surface area contributed by atoms with Gasteiger partial charge in [0.15, 0.2) is 0 Å². The molecule has 0 saturated carbocycles. The minimum atomic E-state index is -3.38. The van der Waals surface area contributed by atoms with Crippen molar-refractivity contribution in [2.75, 3.05) is 11.5 Å². The summed E-state index contributed by atoms with van der Waals surface area (Å²) in [6, 6.07) is 9.65. The fourth-order valence-electron chi connectivity index (χ4n) is 1.46. The van der Waals surface area contributed by atoms with Gasteiger partial charge in [0.05, 0.1) is 11.3 Å². The maximum absolute atomic E-state index is 10.8. The van der Waals surface area contributed by atoms with E-state index in [1.54, 1.807) is 6.20 Å². The van der Waals surface area contributed by atoms with Crippen molar-refractivity contribution in [3.05, 3.63) is 36.5 Å². The molecule has 0 unspecified atom stereocenters. The molecule has 0 aliphatic rings. The second kappa shape index (κ2) is 5.03. The topological polar surface area (TPSA) is 73.1 Å². The zero-order valence-corrected chi connectivity index (χ0v) is 10.7. The van der Waals surface area contributed by atoms with Gasteiger partial charge >= 0.3 is 0 Å². The SMILES string of the molecule is NS(=O)(=O)CCSc1ccnc2ccccc12. The summed E-state index contributed by atoms with van der Waals surface area (Å²) < 4.78 is 21.7. The molecule has 0 aliphatic heterocycles. The van der Waals surface area contributed by atoms with Crippen molar-refractivity contribution in [1.82, 2.24) is 4.98 Å². The smallest absolute Gasteiger partial charge is 0.209 e. The van der Waals surface area contributed by atoms with Crippen molar-refractivity contribution in [3.8, 4) is 0 Å². The number of sulfonamides is 1. The first-order chi connectivity index (χ1) is 8.06. The highest BCUT2D eigenvalue weighted by Gasteiger charge is 2.05. The largest absolute Gasteiger partial charge is 0.256 e. The lowest BCUT2D eigenvalue weighted by atomic mass is 10.2. The zero-order chi connectivity index (χ0) is 12.3. The molecule has 90 valence electrons. The lowest BCUT2D eigenvalue weighted by Gasteiger charge is -2.04. The lowest BCUT2D eigenvalue weighted by molar-refractivity contribution is 0.599. The third-order valence-corrected chi connectivity index (χ3v) is 4.34. The van der Waals surface area contributed by atoms with Gasteiger partial charge in [0, 0.05) is 22.2 Å². The highest BCUT2D eigenvalue weighted by molar-refractivity contribution is 8.00. The predicted molar refractivity (Wildman–Crippen MR) is 70.4 cm³/mol. The predicted octanol–water partition coefficient (Wildman–Crippen LogP) is 1.62. The molecular weight excluding hydrogens is 256 g/mol. The number of para-hydroxylation sites is 1. The van der Waals surface area contributed by atoms with E-state index in [0.29, 0.717) is 5.75 Å². The molecule has 0 saturated heterocycles. The summed E-state index contributed by atoms with van der Waals surface area (Å²) in [5.41, 5.74) is 0.910. The lowest BCUT2D eigenvalue weighted by Crippen LogP contribution is -2.17. The van der Waals surface area contributed by atoms with E-state index in [1.807, 2.05) is 30.3 Å². The van der Waals surface area contributed by atoms with E-state index in [-0.39, 0.29) is 5.75 Å². The molecule has 0 bridgehead atoms. The number of aromatic nitrogens is 1. The first kappa shape index (κ1) is 12.3. The molecule has 0 spiro atoms. The Morgan fingerprint density at radius 2 is 2.00 bits per heavy atom. The van der Waals surface area contributed by atoms with Crippen LogP contribution in [0, 0.1) is 0 Å². The Hall–Kier alpha value is -1.11. The van der Waals surface area contributed by atoms with Crippen molar-refractivity contribution in [1.29, 1.82) is 0 Å². The number of nitrogens with zero attached hydrogens (tertiary/aromatic N) is 1. The van der Waals surface area contributed by atoms with E-state index < -0.39 is 10.0 Å². The van der Waals surface area contributed by atoms with Gasteiger partial charge in [-0.25, -0.2) is 13.6 Å². The number of hydrogen-bond acceptors (Lipinski definition) is 4. The van der Waals surface area contributed by atoms with Crippen molar-refractivity contribution in [3.63, 3.8) is 0 Å². The zero-order valence-electron chi connectivity index (χ0n) is 9.04. The van der Waals surface area contributed by atoms with Crippen LogP contribution in [0.4, 0.5) is 0 Å². The van der Waals surface area contributed by atoms with Crippen molar-refractivity contribution in [2.24, 2.45) is 5.14 Å². The summed E-state index contributed by atoms with van der Waals surface area (Å²) in [7, 11) is -3.38. The molecule has 0 amide bonds. The van der Waals surface area contributed by atoms with Crippen LogP contribution in [0.25, 0.3) is 10.9 Å². The first-order valence-corrected chi connectivity index (χ1v) is 7.73. The van der Waals surface area contributed by atoms with Gasteiger partial charge in [0.1, 0.15) is 0 Å². The molecule has 0 radical (unpaired) electrons. The first-order valence-electron chi connectivity index (χ1n) is 5.03. The molecule has 0 fully saturated rings. The third-order valence-electron chi connectivity index (χ3n) is 2.23. The van der Waals surface area contributed by atoms with Crippen LogP contribution < -0.4 is 5.14 Å². The Morgan fingerprint density at radius 3 is 2.76 bits per heavy atom. The van der Waals surface area contributed by atoms with Gasteiger partial charge in [-0.2, -0.15) is 0 Å². The Morgan fingerprint density at radius 1 is 1.24 bits per heavy atom. The number of benzene rings is 1. The van der Waals surface area contributed by atoms with Crippen molar-refractivity contribution in [2.45, 2.75) is 4.90 Å². The molecule has 1 heterocycles. The number of thioether (sulfide) groups is 1. The van der Waals surface area contributed by atoms with Crippen LogP contribution in [0.2, 0.25) is 0 Å². The highest BCUT2D eigenvalue weighted by atomic mass is 32.2. The van der Waals surface area contributed by atoms with Gasteiger partial charge in [-0.3, -0.25) is 4.98 Å². The third kappa shape index (κ3) is 3.42. The number of pyridine rings is 1. The number of rotatable bonds is 4. The number of hydrogen-bond donors (Lipinski definition) is 1. The van der Waals surface area contributed by atoms with Crippen LogP contribution in [-0.2, 0) is 10.0 Å². The molecular formula is C11H12N2O2S2. The molecule has 0 aliphatic carbocycles. The molecule has 1 aromatic carbocycles. The van der Waals surface area contributed by atoms with E-state index in [9.17, 15) is 8.42 Å². The van der Waals surface area contributed by atoms with Crippen LogP contribution in [0.1, 0.15) is 0 Å². The maximum Gasteiger partial charge on any atom is 0.209 e. The van der Waals surface area contributed by atoms with E-state index in [2.05, 4.69) is 4.98 Å². The Bertz CT molecular complexity index is 621. The summed E-state index contributed by atoms with van der Waals surface area (Å²) in [5, 5.41) is 6.00. The second-order valence-electron chi connectivity index (χ2n) is 3.54. The van der Waals surface area contributed by atoms with Crippen LogP contribution in [0.5, 0.6) is 0 Å². The number of nitrogens with two attached hydrogens (primary N) is 1.